The van der Waals surface area contributed by atoms with Crippen molar-refractivity contribution in [3.8, 4) is 0 Å². The summed E-state index contributed by atoms with van der Waals surface area (Å²) in [4.78, 5) is 29.0. The molecule has 2 heterocycles. The number of nitrogens with zero attached hydrogens (tertiary/aromatic N) is 2. The number of piperazine rings is 1. The Morgan fingerprint density at radius 3 is 2.43 bits per heavy atom. The van der Waals surface area contributed by atoms with Gasteiger partial charge in [0.05, 0.1) is 12.5 Å². The van der Waals surface area contributed by atoms with Crippen molar-refractivity contribution in [2.24, 2.45) is 5.92 Å². The van der Waals surface area contributed by atoms with Gasteiger partial charge < -0.3 is 15.1 Å². The molecule has 2 aliphatic heterocycles. The first kappa shape index (κ1) is 21.1. The fourth-order valence-corrected chi connectivity index (χ4v) is 4.82. The van der Waals surface area contributed by atoms with Crippen LogP contribution in [0.25, 0.3) is 0 Å². The molecule has 5 nitrogen and oxygen atoms in total. The van der Waals surface area contributed by atoms with Crippen molar-refractivity contribution in [3.63, 3.8) is 0 Å². The molecular weight excluding hydrogens is 381 g/mol. The number of fused-ring (bicyclic) bond motifs is 1. The first-order valence-electron chi connectivity index (χ1n) is 10.2. The molecule has 0 spiro atoms. The van der Waals surface area contributed by atoms with E-state index in [4.69, 9.17) is 0 Å². The van der Waals surface area contributed by atoms with E-state index in [9.17, 15) is 14.0 Å². The Morgan fingerprint density at radius 1 is 1.04 bits per heavy atom. The van der Waals surface area contributed by atoms with E-state index < -0.39 is 0 Å². The Balaban J connectivity index is 0.00000225. The third kappa shape index (κ3) is 4.49. The number of benzene rings is 1. The predicted molar refractivity (Wildman–Crippen MR) is 108 cm³/mol. The zero-order valence-corrected chi connectivity index (χ0v) is 16.9. The number of hydrogen-bond donors (Lipinski definition) is 1. The molecule has 1 aromatic rings. The summed E-state index contributed by atoms with van der Waals surface area (Å²) in [6, 6.07) is 6.86. The number of rotatable bonds is 3. The lowest BCUT2D eigenvalue weighted by Gasteiger charge is -2.36. The van der Waals surface area contributed by atoms with Crippen LogP contribution in [-0.2, 0) is 16.0 Å². The summed E-state index contributed by atoms with van der Waals surface area (Å²) >= 11 is 0. The number of hydrogen-bond acceptors (Lipinski definition) is 3. The van der Waals surface area contributed by atoms with Crippen molar-refractivity contribution in [1.29, 1.82) is 0 Å². The van der Waals surface area contributed by atoms with Gasteiger partial charge in [-0.05, 0) is 36.8 Å². The van der Waals surface area contributed by atoms with E-state index in [1.165, 1.54) is 31.7 Å². The Hall–Kier alpha value is -1.66. The zero-order chi connectivity index (χ0) is 18.8. The highest BCUT2D eigenvalue weighted by Crippen LogP contribution is 2.33. The van der Waals surface area contributed by atoms with Gasteiger partial charge in [-0.15, -0.1) is 12.4 Å². The number of halogens is 2. The molecule has 0 radical (unpaired) electrons. The average molecular weight is 410 g/mol. The molecule has 1 saturated carbocycles. The number of nitrogens with one attached hydrogen (secondary N) is 1. The molecule has 3 unspecified atom stereocenters. The SMILES string of the molecule is Cl.O=C(Cc1ccccc1F)N1CCN(C(=O)C2CC3CCCCC3N2)CC1. The maximum absolute atomic E-state index is 13.8. The van der Waals surface area contributed by atoms with Crippen LogP contribution in [0, 0.1) is 11.7 Å². The highest BCUT2D eigenvalue weighted by molar-refractivity contribution is 5.85. The van der Waals surface area contributed by atoms with Crippen LogP contribution in [0.5, 0.6) is 0 Å². The first-order valence-corrected chi connectivity index (χ1v) is 10.2. The summed E-state index contributed by atoms with van der Waals surface area (Å²) < 4.78 is 13.8. The van der Waals surface area contributed by atoms with Crippen LogP contribution in [0.15, 0.2) is 24.3 Å². The van der Waals surface area contributed by atoms with Crippen molar-refractivity contribution >= 4 is 24.2 Å². The lowest BCUT2D eigenvalue weighted by molar-refractivity contribution is -0.140. The predicted octanol–water partition coefficient (Wildman–Crippen LogP) is 2.38. The molecule has 28 heavy (non-hydrogen) atoms. The Bertz CT molecular complexity index is 695. The molecule has 1 N–H and O–H groups in total. The third-order valence-electron chi connectivity index (χ3n) is 6.40. The summed E-state index contributed by atoms with van der Waals surface area (Å²) in [5.74, 6) is 0.424. The van der Waals surface area contributed by atoms with Gasteiger partial charge in [-0.3, -0.25) is 9.59 Å². The van der Waals surface area contributed by atoms with Gasteiger partial charge in [0.25, 0.3) is 0 Å². The minimum atomic E-state index is -0.339. The van der Waals surface area contributed by atoms with E-state index in [1.54, 1.807) is 23.1 Å². The summed E-state index contributed by atoms with van der Waals surface area (Å²) in [7, 11) is 0. The fraction of sp³-hybridized carbons (Fsp3) is 0.619. The maximum Gasteiger partial charge on any atom is 0.239 e. The molecule has 1 aliphatic carbocycles. The molecule has 4 rings (SSSR count). The van der Waals surface area contributed by atoms with Gasteiger partial charge in [0, 0.05) is 32.2 Å². The van der Waals surface area contributed by atoms with Crippen LogP contribution in [0.4, 0.5) is 4.39 Å². The Kier molecular flexibility index (Phi) is 6.94. The second kappa shape index (κ2) is 9.23. The van der Waals surface area contributed by atoms with Crippen LogP contribution >= 0.6 is 12.4 Å². The molecule has 2 saturated heterocycles. The molecule has 154 valence electrons. The summed E-state index contributed by atoms with van der Waals surface area (Å²) in [6.07, 6.45) is 6.00. The largest absolute Gasteiger partial charge is 0.339 e. The molecular formula is C21H29ClFN3O2. The molecule has 7 heteroatoms. The third-order valence-corrected chi connectivity index (χ3v) is 6.40. The topological polar surface area (TPSA) is 52.7 Å². The van der Waals surface area contributed by atoms with E-state index in [0.29, 0.717) is 43.7 Å². The number of carbonyl (C=O) groups is 2. The highest BCUT2D eigenvalue weighted by atomic mass is 35.5. The minimum absolute atomic E-state index is 0. The van der Waals surface area contributed by atoms with Gasteiger partial charge in [-0.1, -0.05) is 31.0 Å². The van der Waals surface area contributed by atoms with Gasteiger partial charge in [-0.2, -0.15) is 0 Å². The van der Waals surface area contributed by atoms with Crippen molar-refractivity contribution in [2.75, 3.05) is 26.2 Å². The van der Waals surface area contributed by atoms with Crippen LogP contribution in [0.3, 0.4) is 0 Å². The average Bonchev–Trinajstić information content (AvgIpc) is 3.13. The fourth-order valence-electron chi connectivity index (χ4n) is 4.82. The van der Waals surface area contributed by atoms with Crippen LogP contribution in [0.2, 0.25) is 0 Å². The lowest BCUT2D eigenvalue weighted by Crippen LogP contribution is -2.54. The van der Waals surface area contributed by atoms with E-state index in [1.807, 2.05) is 4.90 Å². The molecule has 3 fully saturated rings. The number of carbonyl (C=O) groups excluding carboxylic acids is 2. The van der Waals surface area contributed by atoms with Crippen LogP contribution < -0.4 is 5.32 Å². The molecule has 2 amide bonds. The highest BCUT2D eigenvalue weighted by Gasteiger charge is 2.40. The van der Waals surface area contributed by atoms with Gasteiger partial charge in [0.1, 0.15) is 5.82 Å². The van der Waals surface area contributed by atoms with Gasteiger partial charge in [0.2, 0.25) is 11.8 Å². The summed E-state index contributed by atoms with van der Waals surface area (Å²) in [6.45, 7) is 2.18. The van der Waals surface area contributed by atoms with Gasteiger partial charge in [-0.25, -0.2) is 4.39 Å². The van der Waals surface area contributed by atoms with Crippen molar-refractivity contribution < 1.29 is 14.0 Å². The van der Waals surface area contributed by atoms with Crippen molar-refractivity contribution in [1.82, 2.24) is 15.1 Å². The van der Waals surface area contributed by atoms with Gasteiger partial charge >= 0.3 is 0 Å². The van der Waals surface area contributed by atoms with Crippen LogP contribution in [0.1, 0.15) is 37.7 Å². The normalized spacial score (nSPS) is 27.1. The second-order valence-corrected chi connectivity index (χ2v) is 8.08. The minimum Gasteiger partial charge on any atom is -0.339 e. The summed E-state index contributed by atoms with van der Waals surface area (Å²) in [5, 5.41) is 3.55. The maximum atomic E-state index is 13.8. The Labute approximate surface area is 172 Å². The lowest BCUT2D eigenvalue weighted by atomic mass is 9.85. The molecule has 0 aromatic heterocycles. The van der Waals surface area contributed by atoms with Gasteiger partial charge in [0.15, 0.2) is 0 Å². The van der Waals surface area contributed by atoms with Crippen molar-refractivity contribution in [2.45, 2.75) is 50.6 Å². The zero-order valence-electron chi connectivity index (χ0n) is 16.1. The quantitative estimate of drug-likeness (QED) is 0.833. The monoisotopic (exact) mass is 409 g/mol. The molecule has 3 aliphatic rings. The van der Waals surface area contributed by atoms with E-state index in [2.05, 4.69) is 5.32 Å². The molecule has 0 bridgehead atoms. The number of amides is 2. The van der Waals surface area contributed by atoms with Crippen LogP contribution in [-0.4, -0.2) is 59.9 Å². The molecule has 3 atom stereocenters. The standard InChI is InChI=1S/C21H28FN3O2.ClH/c22-17-7-3-1-5-15(17)14-20(26)24-9-11-25(12-10-24)21(27)19-13-16-6-2-4-8-18(16)23-19;/h1,3,5,7,16,18-19,23H,2,4,6,8-14H2;1H. The van der Waals surface area contributed by atoms with Crippen molar-refractivity contribution in [3.05, 3.63) is 35.6 Å². The smallest absolute Gasteiger partial charge is 0.239 e. The molecule has 1 aromatic carbocycles. The van der Waals surface area contributed by atoms with E-state index >= 15 is 0 Å². The summed E-state index contributed by atoms with van der Waals surface area (Å²) in [5.41, 5.74) is 0.429. The Morgan fingerprint density at radius 2 is 1.71 bits per heavy atom. The first-order chi connectivity index (χ1) is 13.1. The second-order valence-electron chi connectivity index (χ2n) is 8.08. The van der Waals surface area contributed by atoms with E-state index in [0.717, 1.165) is 6.42 Å². The van der Waals surface area contributed by atoms with E-state index in [-0.39, 0.29) is 42.5 Å².